The first kappa shape index (κ1) is 21.4. The van der Waals surface area contributed by atoms with Gasteiger partial charge in [-0.15, -0.1) is 0 Å². The van der Waals surface area contributed by atoms with Crippen LogP contribution in [0.5, 0.6) is 0 Å². The van der Waals surface area contributed by atoms with Crippen LogP contribution in [0.4, 0.5) is 4.79 Å². The SMILES string of the molecule is CCN(C[C@@H]1CN(C2CCCCCCC2)C(=O)O1)S(=O)(=O)c1ccccc1Cl. The van der Waals surface area contributed by atoms with Gasteiger partial charge in [-0.2, -0.15) is 4.31 Å². The Labute approximate surface area is 172 Å². The molecule has 1 aromatic rings. The van der Waals surface area contributed by atoms with E-state index in [0.29, 0.717) is 6.54 Å². The maximum Gasteiger partial charge on any atom is 0.410 e. The molecule has 0 bridgehead atoms. The summed E-state index contributed by atoms with van der Waals surface area (Å²) in [5.74, 6) is 0. The Morgan fingerprint density at radius 3 is 2.43 bits per heavy atom. The van der Waals surface area contributed by atoms with Crippen LogP contribution < -0.4 is 0 Å². The zero-order valence-corrected chi connectivity index (χ0v) is 17.9. The number of cyclic esters (lactones) is 1. The fourth-order valence-electron chi connectivity index (χ4n) is 4.10. The van der Waals surface area contributed by atoms with Gasteiger partial charge in [-0.3, -0.25) is 0 Å². The van der Waals surface area contributed by atoms with Crippen LogP contribution in [0, 0.1) is 0 Å². The summed E-state index contributed by atoms with van der Waals surface area (Å²) in [6.45, 7) is 2.64. The monoisotopic (exact) mass is 428 g/mol. The predicted molar refractivity (Wildman–Crippen MR) is 109 cm³/mol. The molecule has 6 nitrogen and oxygen atoms in total. The van der Waals surface area contributed by atoms with E-state index in [4.69, 9.17) is 16.3 Å². The number of amides is 1. The summed E-state index contributed by atoms with van der Waals surface area (Å²) in [5.41, 5.74) is 0. The molecule has 1 saturated carbocycles. The van der Waals surface area contributed by atoms with Gasteiger partial charge in [0, 0.05) is 12.6 Å². The average Bonchev–Trinajstić information content (AvgIpc) is 3.00. The molecule has 1 aromatic carbocycles. The van der Waals surface area contributed by atoms with Crippen LogP contribution in [0.15, 0.2) is 29.2 Å². The van der Waals surface area contributed by atoms with E-state index in [1.165, 1.54) is 29.6 Å². The van der Waals surface area contributed by atoms with E-state index in [1.807, 2.05) is 4.90 Å². The van der Waals surface area contributed by atoms with Crippen molar-refractivity contribution in [3.63, 3.8) is 0 Å². The minimum atomic E-state index is -3.75. The summed E-state index contributed by atoms with van der Waals surface area (Å²) in [6, 6.07) is 6.62. The minimum Gasteiger partial charge on any atom is -0.443 e. The van der Waals surface area contributed by atoms with E-state index < -0.39 is 16.1 Å². The molecule has 1 saturated heterocycles. The van der Waals surface area contributed by atoms with Gasteiger partial charge in [0.05, 0.1) is 18.1 Å². The number of carbonyl (C=O) groups excluding carboxylic acids is 1. The highest BCUT2D eigenvalue weighted by atomic mass is 35.5. The first-order valence-corrected chi connectivity index (χ1v) is 12.0. The lowest BCUT2D eigenvalue weighted by atomic mass is 9.96. The molecule has 1 amide bonds. The van der Waals surface area contributed by atoms with Crippen molar-refractivity contribution >= 4 is 27.7 Å². The molecule has 28 heavy (non-hydrogen) atoms. The molecule has 1 atom stereocenters. The molecule has 2 fully saturated rings. The number of rotatable bonds is 6. The Balaban J connectivity index is 1.68. The maximum atomic E-state index is 13.0. The van der Waals surface area contributed by atoms with Gasteiger partial charge in [0.1, 0.15) is 11.0 Å². The number of hydrogen-bond donors (Lipinski definition) is 0. The van der Waals surface area contributed by atoms with Crippen molar-refractivity contribution in [2.75, 3.05) is 19.6 Å². The molecule has 2 aliphatic rings. The summed E-state index contributed by atoms with van der Waals surface area (Å²) in [7, 11) is -3.75. The van der Waals surface area contributed by atoms with Gasteiger partial charge < -0.3 is 9.64 Å². The van der Waals surface area contributed by atoms with Crippen LogP contribution >= 0.6 is 11.6 Å². The van der Waals surface area contributed by atoms with E-state index in [0.717, 1.165) is 25.7 Å². The summed E-state index contributed by atoms with van der Waals surface area (Å²) in [5, 5.41) is 0.195. The van der Waals surface area contributed by atoms with Crippen molar-refractivity contribution < 1.29 is 17.9 Å². The molecule has 0 radical (unpaired) electrons. The van der Waals surface area contributed by atoms with Gasteiger partial charge >= 0.3 is 6.09 Å². The lowest BCUT2D eigenvalue weighted by Gasteiger charge is -2.28. The van der Waals surface area contributed by atoms with Crippen molar-refractivity contribution in [3.05, 3.63) is 29.3 Å². The van der Waals surface area contributed by atoms with Crippen molar-refractivity contribution in [2.45, 2.75) is 68.9 Å². The van der Waals surface area contributed by atoms with Crippen molar-refractivity contribution in [3.8, 4) is 0 Å². The zero-order chi connectivity index (χ0) is 20.1. The molecule has 0 aromatic heterocycles. The molecule has 3 rings (SSSR count). The van der Waals surface area contributed by atoms with Crippen LogP contribution in [-0.2, 0) is 14.8 Å². The summed E-state index contributed by atoms with van der Waals surface area (Å²) in [6.07, 6.45) is 7.16. The van der Waals surface area contributed by atoms with Crippen molar-refractivity contribution in [2.24, 2.45) is 0 Å². The normalized spacial score (nSPS) is 22.2. The zero-order valence-electron chi connectivity index (χ0n) is 16.3. The van der Waals surface area contributed by atoms with Crippen LogP contribution in [-0.4, -0.2) is 55.5 Å². The minimum absolute atomic E-state index is 0.0831. The number of hydrogen-bond acceptors (Lipinski definition) is 4. The highest BCUT2D eigenvalue weighted by Crippen LogP contribution is 2.28. The Morgan fingerprint density at radius 2 is 1.79 bits per heavy atom. The summed E-state index contributed by atoms with van der Waals surface area (Å²) in [4.78, 5) is 14.3. The highest BCUT2D eigenvalue weighted by molar-refractivity contribution is 7.89. The number of halogens is 1. The van der Waals surface area contributed by atoms with Crippen LogP contribution in [0.3, 0.4) is 0 Å². The van der Waals surface area contributed by atoms with E-state index >= 15 is 0 Å². The molecule has 1 heterocycles. The van der Waals surface area contributed by atoms with Gasteiger partial charge in [0.15, 0.2) is 0 Å². The molecule has 0 spiro atoms. The highest BCUT2D eigenvalue weighted by Gasteiger charge is 2.38. The van der Waals surface area contributed by atoms with Crippen molar-refractivity contribution in [1.82, 2.24) is 9.21 Å². The second-order valence-electron chi connectivity index (χ2n) is 7.54. The smallest absolute Gasteiger partial charge is 0.410 e. The quantitative estimate of drug-likeness (QED) is 0.678. The maximum absolute atomic E-state index is 13.0. The number of ether oxygens (including phenoxy) is 1. The number of sulfonamides is 1. The molecule has 0 unspecified atom stereocenters. The topological polar surface area (TPSA) is 66.9 Å². The first-order chi connectivity index (χ1) is 13.4. The Hall–Kier alpha value is -1.31. The standard InChI is InChI=1S/C20H29ClN2O4S/c1-2-22(28(25,26)19-13-9-8-12-18(19)21)14-17-15-23(20(24)27-17)16-10-6-4-3-5-7-11-16/h8-9,12-13,16-17H,2-7,10-11,14-15H2,1H3/t17-/m1/s1. The van der Waals surface area contributed by atoms with Gasteiger partial charge in [-0.25, -0.2) is 13.2 Å². The number of benzene rings is 1. The van der Waals surface area contributed by atoms with E-state index in [1.54, 1.807) is 25.1 Å². The van der Waals surface area contributed by atoms with Gasteiger partial charge in [0.2, 0.25) is 10.0 Å². The molecular formula is C20H29ClN2O4S. The van der Waals surface area contributed by atoms with Gasteiger partial charge in [0.25, 0.3) is 0 Å². The second-order valence-corrected chi connectivity index (χ2v) is 9.86. The molecular weight excluding hydrogens is 400 g/mol. The van der Waals surface area contributed by atoms with Crippen LogP contribution in [0.2, 0.25) is 5.02 Å². The average molecular weight is 429 g/mol. The third kappa shape index (κ3) is 4.81. The summed E-state index contributed by atoms with van der Waals surface area (Å²) >= 11 is 6.10. The largest absolute Gasteiger partial charge is 0.443 e. The van der Waals surface area contributed by atoms with Crippen LogP contribution in [0.1, 0.15) is 51.9 Å². The van der Waals surface area contributed by atoms with Crippen molar-refractivity contribution in [1.29, 1.82) is 0 Å². The Kier molecular flexibility index (Phi) is 7.23. The molecule has 1 aliphatic heterocycles. The van der Waals surface area contributed by atoms with E-state index in [2.05, 4.69) is 0 Å². The fraction of sp³-hybridized carbons (Fsp3) is 0.650. The third-order valence-corrected chi connectivity index (χ3v) is 8.07. The molecule has 1 aliphatic carbocycles. The van der Waals surface area contributed by atoms with Gasteiger partial charge in [-0.05, 0) is 25.0 Å². The number of likely N-dealkylation sites (N-methyl/N-ethyl adjacent to an activating group) is 1. The summed E-state index contributed by atoms with van der Waals surface area (Å²) < 4.78 is 32.9. The second kappa shape index (κ2) is 9.46. The van der Waals surface area contributed by atoms with Gasteiger partial charge in [-0.1, -0.05) is 62.8 Å². The number of carbonyl (C=O) groups is 1. The third-order valence-electron chi connectivity index (χ3n) is 5.63. The molecule has 156 valence electrons. The lowest BCUT2D eigenvalue weighted by molar-refractivity contribution is 0.118. The Bertz CT molecular complexity index is 778. The fourth-order valence-corrected chi connectivity index (χ4v) is 6.07. The Morgan fingerprint density at radius 1 is 1.14 bits per heavy atom. The first-order valence-electron chi connectivity index (χ1n) is 10.2. The molecule has 0 N–H and O–H groups in total. The van der Waals surface area contributed by atoms with Crippen LogP contribution in [0.25, 0.3) is 0 Å². The molecule has 8 heteroatoms. The van der Waals surface area contributed by atoms with E-state index in [-0.39, 0.29) is 35.1 Å². The number of nitrogens with zero attached hydrogens (tertiary/aromatic N) is 2. The predicted octanol–water partition coefficient (Wildman–Crippen LogP) is 4.28. The van der Waals surface area contributed by atoms with E-state index in [9.17, 15) is 13.2 Å². The lowest BCUT2D eigenvalue weighted by Crippen LogP contribution is -2.40.